The van der Waals surface area contributed by atoms with Crippen LogP contribution in [0.1, 0.15) is 27.2 Å². The zero-order chi connectivity index (χ0) is 14.3. The largest absolute Gasteiger partial charge is 0.355 e. The highest BCUT2D eigenvalue weighted by Gasteiger charge is 2.28. The molecule has 0 aromatic carbocycles. The lowest BCUT2D eigenvalue weighted by atomic mass is 10.2. The van der Waals surface area contributed by atoms with Crippen molar-refractivity contribution in [1.82, 2.24) is 15.5 Å². The molecule has 0 unspecified atom stereocenters. The number of aliphatic imine (C=N–C) groups is 1. The summed E-state index contributed by atoms with van der Waals surface area (Å²) in [5.74, 6) is 1.93. The summed E-state index contributed by atoms with van der Waals surface area (Å²) in [5, 5.41) is 5.99. The number of nitrogens with one attached hydrogen (secondary N) is 2. The average Bonchev–Trinajstić information content (AvgIpc) is 2.36. The summed E-state index contributed by atoms with van der Waals surface area (Å²) in [6.07, 6.45) is 0.956. The molecule has 0 aromatic heterocycles. The third kappa shape index (κ3) is 5.72. The van der Waals surface area contributed by atoms with E-state index in [4.69, 9.17) is 0 Å². The molecule has 1 aliphatic heterocycles. The molecular weight excluding hydrogens is 260 g/mol. The Morgan fingerprint density at radius 3 is 2.74 bits per heavy atom. The molecule has 1 saturated heterocycles. The third-order valence-corrected chi connectivity index (χ3v) is 4.21. The Hall–Kier alpha value is -0.910. The molecule has 0 saturated carbocycles. The Balaban J connectivity index is 2.43. The predicted molar refractivity (Wildman–Crippen MR) is 82.8 cm³/mol. The van der Waals surface area contributed by atoms with Crippen LogP contribution in [0.2, 0.25) is 0 Å². The molecule has 0 aliphatic carbocycles. The van der Waals surface area contributed by atoms with Crippen LogP contribution < -0.4 is 10.6 Å². The minimum absolute atomic E-state index is 0.0219. The number of hydrogen-bond donors (Lipinski definition) is 2. The van der Waals surface area contributed by atoms with E-state index in [1.54, 1.807) is 7.05 Å². The van der Waals surface area contributed by atoms with Crippen LogP contribution in [0.5, 0.6) is 0 Å². The normalized spacial score (nSPS) is 19.2. The highest BCUT2D eigenvalue weighted by molar-refractivity contribution is 8.00. The van der Waals surface area contributed by atoms with Crippen LogP contribution in [0.3, 0.4) is 0 Å². The average molecular weight is 286 g/mol. The minimum atomic E-state index is 0.0219. The third-order valence-electron chi connectivity index (χ3n) is 2.92. The van der Waals surface area contributed by atoms with Gasteiger partial charge in [-0.1, -0.05) is 6.92 Å². The van der Waals surface area contributed by atoms with E-state index in [0.717, 1.165) is 37.8 Å². The van der Waals surface area contributed by atoms with Gasteiger partial charge >= 0.3 is 0 Å². The summed E-state index contributed by atoms with van der Waals surface area (Å²) in [4.78, 5) is 18.1. The number of thioether (sulfide) groups is 1. The maximum atomic E-state index is 11.6. The Bertz CT molecular complexity index is 331. The lowest BCUT2D eigenvalue weighted by Gasteiger charge is -2.39. The Labute approximate surface area is 120 Å². The summed E-state index contributed by atoms with van der Waals surface area (Å²) in [6, 6.07) is 0. The van der Waals surface area contributed by atoms with Gasteiger partial charge in [-0.15, -0.1) is 0 Å². The van der Waals surface area contributed by atoms with Gasteiger partial charge in [0.2, 0.25) is 5.91 Å². The fourth-order valence-corrected chi connectivity index (χ4v) is 3.13. The molecule has 110 valence electrons. The van der Waals surface area contributed by atoms with Crippen molar-refractivity contribution in [3.05, 3.63) is 0 Å². The monoisotopic (exact) mass is 286 g/mol. The van der Waals surface area contributed by atoms with Gasteiger partial charge in [0.05, 0.1) is 6.54 Å². The number of carbonyl (C=O) groups is 1. The van der Waals surface area contributed by atoms with Crippen molar-refractivity contribution in [2.24, 2.45) is 4.99 Å². The summed E-state index contributed by atoms with van der Waals surface area (Å²) in [7, 11) is 1.76. The second-order valence-corrected chi connectivity index (χ2v) is 7.08. The molecule has 0 radical (unpaired) electrons. The van der Waals surface area contributed by atoms with Crippen LogP contribution in [0, 0.1) is 0 Å². The van der Waals surface area contributed by atoms with Crippen molar-refractivity contribution >= 4 is 23.6 Å². The van der Waals surface area contributed by atoms with E-state index in [-0.39, 0.29) is 17.2 Å². The van der Waals surface area contributed by atoms with Crippen molar-refractivity contribution in [2.45, 2.75) is 31.9 Å². The fraction of sp³-hybridized carbons (Fsp3) is 0.846. The standard InChI is InChI=1S/C13H26N4OS/c1-5-6-15-11(18)9-16-12(14-4)17-7-8-19-13(2,3)10-17/h5-10H2,1-4H3,(H,14,16)(H,15,18). The van der Waals surface area contributed by atoms with Crippen LogP contribution in [0.25, 0.3) is 0 Å². The summed E-state index contributed by atoms with van der Waals surface area (Å²) in [6.45, 7) is 9.47. The summed E-state index contributed by atoms with van der Waals surface area (Å²) >= 11 is 1.98. The van der Waals surface area contributed by atoms with E-state index in [1.165, 1.54) is 0 Å². The first-order valence-electron chi connectivity index (χ1n) is 6.85. The zero-order valence-corrected chi connectivity index (χ0v) is 13.3. The van der Waals surface area contributed by atoms with E-state index in [2.05, 4.69) is 34.4 Å². The van der Waals surface area contributed by atoms with Gasteiger partial charge in [0.1, 0.15) is 0 Å². The van der Waals surface area contributed by atoms with Crippen molar-refractivity contribution in [3.63, 3.8) is 0 Å². The topological polar surface area (TPSA) is 56.7 Å². The molecule has 1 rings (SSSR count). The van der Waals surface area contributed by atoms with Crippen LogP contribution in [-0.2, 0) is 4.79 Å². The van der Waals surface area contributed by atoms with Gasteiger partial charge < -0.3 is 15.5 Å². The van der Waals surface area contributed by atoms with Crippen molar-refractivity contribution in [3.8, 4) is 0 Å². The van der Waals surface area contributed by atoms with E-state index in [9.17, 15) is 4.79 Å². The summed E-state index contributed by atoms with van der Waals surface area (Å²) < 4.78 is 0.236. The highest BCUT2D eigenvalue weighted by Crippen LogP contribution is 2.29. The van der Waals surface area contributed by atoms with Gasteiger partial charge in [0.15, 0.2) is 5.96 Å². The van der Waals surface area contributed by atoms with Crippen LogP contribution in [0.15, 0.2) is 4.99 Å². The summed E-state index contributed by atoms with van der Waals surface area (Å²) in [5.41, 5.74) is 0. The number of carbonyl (C=O) groups excluding carboxylic acids is 1. The van der Waals surface area contributed by atoms with Gasteiger partial charge in [0.25, 0.3) is 0 Å². The molecule has 0 spiro atoms. The molecule has 0 bridgehead atoms. The first kappa shape index (κ1) is 16.1. The number of rotatable bonds is 4. The maximum absolute atomic E-state index is 11.6. The quantitative estimate of drug-likeness (QED) is 0.596. The van der Waals surface area contributed by atoms with E-state index >= 15 is 0 Å². The van der Waals surface area contributed by atoms with Gasteiger partial charge in [-0.25, -0.2) is 0 Å². The van der Waals surface area contributed by atoms with Crippen molar-refractivity contribution in [2.75, 3.05) is 39.0 Å². The molecule has 1 amide bonds. The maximum Gasteiger partial charge on any atom is 0.239 e. The van der Waals surface area contributed by atoms with Gasteiger partial charge in [0, 0.05) is 37.2 Å². The predicted octanol–water partition coefficient (Wildman–Crippen LogP) is 0.915. The fourth-order valence-electron chi connectivity index (χ4n) is 2.02. The Morgan fingerprint density at radius 2 is 2.16 bits per heavy atom. The molecular formula is C13H26N4OS. The van der Waals surface area contributed by atoms with Gasteiger partial charge in [-0.05, 0) is 20.3 Å². The lowest BCUT2D eigenvalue weighted by molar-refractivity contribution is -0.120. The molecule has 1 heterocycles. The first-order chi connectivity index (χ1) is 8.98. The van der Waals surface area contributed by atoms with Crippen molar-refractivity contribution < 1.29 is 4.79 Å². The lowest BCUT2D eigenvalue weighted by Crippen LogP contribution is -2.52. The van der Waals surface area contributed by atoms with E-state index < -0.39 is 0 Å². The number of nitrogens with zero attached hydrogens (tertiary/aromatic N) is 2. The van der Waals surface area contributed by atoms with E-state index in [1.807, 2.05) is 18.7 Å². The second-order valence-electron chi connectivity index (χ2n) is 5.28. The van der Waals surface area contributed by atoms with Gasteiger partial charge in [-0.2, -0.15) is 11.8 Å². The highest BCUT2D eigenvalue weighted by atomic mass is 32.2. The number of hydrogen-bond acceptors (Lipinski definition) is 3. The second kappa shape index (κ2) is 7.62. The molecule has 6 heteroatoms. The van der Waals surface area contributed by atoms with Crippen molar-refractivity contribution in [1.29, 1.82) is 0 Å². The number of amides is 1. The molecule has 5 nitrogen and oxygen atoms in total. The minimum Gasteiger partial charge on any atom is -0.355 e. The molecule has 2 N–H and O–H groups in total. The number of guanidine groups is 1. The first-order valence-corrected chi connectivity index (χ1v) is 7.83. The van der Waals surface area contributed by atoms with Crippen LogP contribution in [-0.4, -0.2) is 60.5 Å². The zero-order valence-electron chi connectivity index (χ0n) is 12.5. The van der Waals surface area contributed by atoms with Crippen LogP contribution in [0.4, 0.5) is 0 Å². The molecule has 1 aliphatic rings. The molecule has 1 fully saturated rings. The Morgan fingerprint density at radius 1 is 1.42 bits per heavy atom. The van der Waals surface area contributed by atoms with Crippen LogP contribution >= 0.6 is 11.8 Å². The van der Waals surface area contributed by atoms with E-state index in [0.29, 0.717) is 0 Å². The smallest absolute Gasteiger partial charge is 0.239 e. The molecule has 0 atom stereocenters. The molecule has 0 aromatic rings. The van der Waals surface area contributed by atoms with Gasteiger partial charge in [-0.3, -0.25) is 9.79 Å². The molecule has 19 heavy (non-hydrogen) atoms. The Kier molecular flexibility index (Phi) is 6.48. The SMILES string of the molecule is CCCNC(=O)CNC(=NC)N1CCSC(C)(C)C1.